The predicted octanol–water partition coefficient (Wildman–Crippen LogP) is -1.46. The number of fused-ring (bicyclic) bond motifs is 1. The van der Waals surface area contributed by atoms with Gasteiger partial charge in [0.15, 0.2) is 12.1 Å². The van der Waals surface area contributed by atoms with Crippen LogP contribution in [0.25, 0.3) is 22.3 Å². The molecule has 0 aliphatic carbocycles. The highest BCUT2D eigenvalue weighted by Gasteiger charge is 2.51. The lowest BCUT2D eigenvalue weighted by Crippen LogP contribution is -2.64. The minimum Gasteiger partial charge on any atom is -0.508 e. The molecule has 16 nitrogen and oxygen atoms in total. The number of aromatic hydroxyl groups is 3. The van der Waals surface area contributed by atoms with E-state index in [-0.39, 0.29) is 28.0 Å². The summed E-state index contributed by atoms with van der Waals surface area (Å²) in [6.45, 7) is 0.616. The monoisotopic (exact) mass is 610 g/mol. The molecule has 0 saturated carbocycles. The number of rotatable bonds is 7. The summed E-state index contributed by atoms with van der Waals surface area (Å²) in [4.78, 5) is 24.2. The average molecular weight is 611 g/mol. The first-order valence-electron chi connectivity index (χ1n) is 13.0. The first kappa shape index (κ1) is 30.9. The van der Waals surface area contributed by atoms with Crippen molar-refractivity contribution in [3.63, 3.8) is 0 Å². The van der Waals surface area contributed by atoms with Gasteiger partial charge < -0.3 is 69.5 Å². The van der Waals surface area contributed by atoms with Crippen LogP contribution in [0.5, 0.6) is 23.0 Å². The molecule has 3 aromatic rings. The molecule has 2 aliphatic heterocycles. The zero-order valence-electron chi connectivity index (χ0n) is 22.3. The maximum Gasteiger partial charge on any atom is 0.256 e. The van der Waals surface area contributed by atoms with Gasteiger partial charge in [0.1, 0.15) is 70.9 Å². The first-order chi connectivity index (χ1) is 20.4. The summed E-state index contributed by atoms with van der Waals surface area (Å²) >= 11 is 0. The highest BCUT2D eigenvalue weighted by Crippen LogP contribution is 2.37. The standard InChI is InChI=1S/C27H30O16/c1-9-17(32)21(36)25(41-26-22(37)20(35)18(33)15(8-28)40-26)27(38-9)43-42-24-19(34)16-13(31)6-12(30)7-14(16)39-23(24)10-2-4-11(29)5-3-10/h2-7,9,15,17-18,20-22,25-33,35-37H,8H2,1H3. The van der Waals surface area contributed by atoms with Gasteiger partial charge in [-0.05, 0) is 31.2 Å². The topological polar surface area (TPSA) is 258 Å². The highest BCUT2D eigenvalue weighted by molar-refractivity contribution is 5.88. The van der Waals surface area contributed by atoms with Gasteiger partial charge in [0.05, 0.1) is 12.7 Å². The third-order valence-corrected chi connectivity index (χ3v) is 7.20. The lowest BCUT2D eigenvalue weighted by molar-refractivity contribution is -0.411. The van der Waals surface area contributed by atoms with E-state index < -0.39 is 90.7 Å². The van der Waals surface area contributed by atoms with E-state index in [1.54, 1.807) is 0 Å². The molecule has 2 saturated heterocycles. The van der Waals surface area contributed by atoms with Crippen LogP contribution in [0.15, 0.2) is 45.6 Å². The van der Waals surface area contributed by atoms with Crippen LogP contribution >= 0.6 is 0 Å². The largest absolute Gasteiger partial charge is 0.508 e. The summed E-state index contributed by atoms with van der Waals surface area (Å²) in [5.74, 6) is -2.05. The van der Waals surface area contributed by atoms with E-state index in [2.05, 4.69) is 0 Å². The zero-order chi connectivity index (χ0) is 31.2. The van der Waals surface area contributed by atoms with E-state index >= 15 is 0 Å². The molecule has 1 aromatic heterocycles. The van der Waals surface area contributed by atoms with Gasteiger partial charge in [-0.2, -0.15) is 4.89 Å². The van der Waals surface area contributed by atoms with Crippen LogP contribution in [0.2, 0.25) is 0 Å². The molecular formula is C27H30O16. The molecule has 0 radical (unpaired) electrons. The van der Waals surface area contributed by atoms with Gasteiger partial charge in [-0.25, -0.2) is 0 Å². The lowest BCUT2D eigenvalue weighted by Gasteiger charge is -2.45. The van der Waals surface area contributed by atoms with Gasteiger partial charge in [-0.1, -0.05) is 0 Å². The maximum atomic E-state index is 13.5. The predicted molar refractivity (Wildman–Crippen MR) is 140 cm³/mol. The first-order valence-corrected chi connectivity index (χ1v) is 13.0. The van der Waals surface area contributed by atoms with Crippen LogP contribution in [0.3, 0.4) is 0 Å². The third kappa shape index (κ3) is 5.85. The Balaban J connectivity index is 1.49. The molecule has 10 atom stereocenters. The molecule has 0 spiro atoms. The van der Waals surface area contributed by atoms with Crippen LogP contribution in [-0.2, 0) is 19.1 Å². The number of hydrogen-bond donors (Lipinski definition) is 9. The van der Waals surface area contributed by atoms with E-state index in [4.69, 9.17) is 28.4 Å². The molecule has 2 aromatic carbocycles. The summed E-state index contributed by atoms with van der Waals surface area (Å²) in [7, 11) is 0. The number of aliphatic hydroxyl groups is 6. The van der Waals surface area contributed by atoms with Gasteiger partial charge >= 0.3 is 0 Å². The van der Waals surface area contributed by atoms with E-state index in [0.29, 0.717) is 0 Å². The molecule has 2 fully saturated rings. The van der Waals surface area contributed by atoms with E-state index in [0.717, 1.165) is 12.1 Å². The molecule has 3 heterocycles. The molecule has 234 valence electrons. The van der Waals surface area contributed by atoms with Crippen molar-refractivity contribution in [1.29, 1.82) is 0 Å². The Kier molecular flexibility index (Phi) is 8.77. The fraction of sp³-hybridized carbons (Fsp3) is 0.444. The number of aliphatic hydroxyl groups excluding tert-OH is 6. The summed E-state index contributed by atoms with van der Waals surface area (Å²) < 4.78 is 22.3. The fourth-order valence-corrected chi connectivity index (χ4v) is 4.80. The highest BCUT2D eigenvalue weighted by atomic mass is 17.2. The van der Waals surface area contributed by atoms with Crippen molar-refractivity contribution in [3.8, 4) is 34.3 Å². The number of phenolic OH excluding ortho intramolecular Hbond substituents is 3. The maximum absolute atomic E-state index is 13.5. The summed E-state index contributed by atoms with van der Waals surface area (Å²) in [6, 6.07) is 7.31. The molecule has 5 rings (SSSR count). The summed E-state index contributed by atoms with van der Waals surface area (Å²) in [5.41, 5.74) is -0.985. The Bertz CT molecular complexity index is 1490. The minimum absolute atomic E-state index is 0.105. The molecule has 10 unspecified atom stereocenters. The van der Waals surface area contributed by atoms with Crippen molar-refractivity contribution in [2.45, 2.75) is 68.3 Å². The second kappa shape index (κ2) is 12.2. The zero-order valence-corrected chi connectivity index (χ0v) is 22.3. The third-order valence-electron chi connectivity index (χ3n) is 7.20. The Morgan fingerprint density at radius 2 is 1.51 bits per heavy atom. The van der Waals surface area contributed by atoms with E-state index in [1.807, 2.05) is 0 Å². The normalized spacial score (nSPS) is 33.0. The number of benzene rings is 2. The van der Waals surface area contributed by atoms with Gasteiger partial charge in [-0.15, -0.1) is 0 Å². The van der Waals surface area contributed by atoms with Crippen LogP contribution in [0.1, 0.15) is 6.92 Å². The number of phenols is 3. The number of ether oxygens (including phenoxy) is 3. The smallest absolute Gasteiger partial charge is 0.256 e. The quantitative estimate of drug-likeness (QED) is 0.109. The molecule has 2 aliphatic rings. The van der Waals surface area contributed by atoms with Crippen LogP contribution in [0.4, 0.5) is 0 Å². The van der Waals surface area contributed by atoms with Crippen molar-refractivity contribution in [3.05, 3.63) is 46.6 Å². The SMILES string of the molecule is CC1OC(OOc2c(-c3ccc(O)cc3)oc3cc(O)cc(O)c3c2=O)C(OC2OC(CO)C(O)C(O)C2O)C(O)C1O. The van der Waals surface area contributed by atoms with Crippen molar-refractivity contribution in [2.24, 2.45) is 0 Å². The van der Waals surface area contributed by atoms with Crippen LogP contribution in [0, 0.1) is 0 Å². The van der Waals surface area contributed by atoms with Crippen molar-refractivity contribution < 1.29 is 74.4 Å². The van der Waals surface area contributed by atoms with Crippen LogP contribution in [-0.4, -0.2) is 114 Å². The second-order valence-electron chi connectivity index (χ2n) is 10.1. The van der Waals surface area contributed by atoms with Gasteiger partial charge in [0.25, 0.3) is 5.75 Å². The summed E-state index contributed by atoms with van der Waals surface area (Å²) in [5, 5.41) is 90.8. The average Bonchev–Trinajstić information content (AvgIpc) is 2.97. The lowest BCUT2D eigenvalue weighted by atomic mass is 9.97. The van der Waals surface area contributed by atoms with Crippen LogP contribution < -0.4 is 10.3 Å². The summed E-state index contributed by atoms with van der Waals surface area (Å²) in [6.07, 6.45) is -16.4. The Morgan fingerprint density at radius 3 is 2.19 bits per heavy atom. The molecule has 0 amide bonds. The van der Waals surface area contributed by atoms with Gasteiger partial charge in [0.2, 0.25) is 11.7 Å². The van der Waals surface area contributed by atoms with E-state index in [1.165, 1.54) is 31.2 Å². The van der Waals surface area contributed by atoms with Gasteiger partial charge in [0, 0.05) is 17.7 Å². The molecule has 9 N–H and O–H groups in total. The molecular weight excluding hydrogens is 580 g/mol. The Morgan fingerprint density at radius 1 is 0.814 bits per heavy atom. The molecule has 43 heavy (non-hydrogen) atoms. The Labute approximate surface area is 241 Å². The van der Waals surface area contributed by atoms with Crippen molar-refractivity contribution in [2.75, 3.05) is 6.61 Å². The molecule has 16 heteroatoms. The molecule has 0 bridgehead atoms. The van der Waals surface area contributed by atoms with Crippen molar-refractivity contribution in [1.82, 2.24) is 0 Å². The second-order valence-corrected chi connectivity index (χ2v) is 10.1. The minimum atomic E-state index is -1.88. The Hall–Kier alpha value is -3.55. The van der Waals surface area contributed by atoms with Crippen molar-refractivity contribution >= 4 is 11.0 Å². The number of hydrogen-bond acceptors (Lipinski definition) is 16. The van der Waals surface area contributed by atoms with E-state index in [9.17, 15) is 50.8 Å². The van der Waals surface area contributed by atoms with Gasteiger partial charge in [-0.3, -0.25) is 4.79 Å². The fourth-order valence-electron chi connectivity index (χ4n) is 4.80.